The van der Waals surface area contributed by atoms with Crippen LogP contribution in [0.2, 0.25) is 0 Å². The Balaban J connectivity index is 0.000000196. The van der Waals surface area contributed by atoms with Crippen LogP contribution in [-0.2, 0) is 9.47 Å². The van der Waals surface area contributed by atoms with Crippen LogP contribution in [0.1, 0.15) is 20.7 Å². The number of carboxylic acids is 1. The van der Waals surface area contributed by atoms with Gasteiger partial charge in [0.25, 0.3) is 5.91 Å². The summed E-state index contributed by atoms with van der Waals surface area (Å²) in [5.74, 6) is -0.405. The highest BCUT2D eigenvalue weighted by molar-refractivity contribution is 6.04. The summed E-state index contributed by atoms with van der Waals surface area (Å²) in [7, 11) is 0. The van der Waals surface area contributed by atoms with Gasteiger partial charge in [-0.15, -0.1) is 26.3 Å². The number of aromatic nitrogens is 2. The molecule has 4 heterocycles. The van der Waals surface area contributed by atoms with Crippen LogP contribution in [0.5, 0.6) is 11.5 Å². The molecule has 2 aliphatic rings. The zero-order valence-corrected chi connectivity index (χ0v) is 27.8. The van der Waals surface area contributed by atoms with Crippen LogP contribution in [0.3, 0.4) is 0 Å². The fourth-order valence-corrected chi connectivity index (χ4v) is 4.60. The molecular weight excluding hydrogens is 718 g/mol. The first-order valence-electron chi connectivity index (χ1n) is 15.7. The fourth-order valence-electron chi connectivity index (χ4n) is 4.60. The largest absolute Gasteiger partial charge is 0.573 e. The quantitative estimate of drug-likeness (QED) is 0.153. The van der Waals surface area contributed by atoms with Crippen molar-refractivity contribution in [2.75, 3.05) is 73.5 Å². The number of morpholine rings is 2. The number of nitrogen functional groups attached to an aromatic ring is 1. The second kappa shape index (κ2) is 18.6. The number of ether oxygens (including phenoxy) is 4. The molecule has 0 bridgehead atoms. The van der Waals surface area contributed by atoms with E-state index in [4.69, 9.17) is 20.3 Å². The normalized spacial score (nSPS) is 14.5. The number of rotatable bonds is 7. The summed E-state index contributed by atoms with van der Waals surface area (Å²) >= 11 is 0. The van der Waals surface area contributed by atoms with Gasteiger partial charge in [0.1, 0.15) is 23.1 Å². The van der Waals surface area contributed by atoms with Crippen molar-refractivity contribution < 1.29 is 60.0 Å². The van der Waals surface area contributed by atoms with Crippen molar-refractivity contribution >= 4 is 34.9 Å². The smallest absolute Gasteiger partial charge is 0.478 e. The second-order valence-electron chi connectivity index (χ2n) is 11.0. The number of hydrogen-bond donors (Lipinski definition) is 3. The van der Waals surface area contributed by atoms with Crippen molar-refractivity contribution in [3.8, 4) is 11.5 Å². The Hall–Kier alpha value is -5.82. The number of nitrogens with zero attached hydrogens (tertiary/aromatic N) is 4. The zero-order chi connectivity index (χ0) is 38.4. The third-order valence-electron chi connectivity index (χ3n) is 7.13. The van der Waals surface area contributed by atoms with Crippen LogP contribution in [-0.4, -0.2) is 92.3 Å². The maximum Gasteiger partial charge on any atom is 0.573 e. The van der Waals surface area contributed by atoms with Crippen LogP contribution in [0.4, 0.5) is 49.4 Å². The number of carbonyl (C=O) groups excluding carboxylic acids is 1. The highest BCUT2D eigenvalue weighted by atomic mass is 19.4. The lowest BCUT2D eigenvalue weighted by atomic mass is 10.2. The maximum absolute atomic E-state index is 12.2. The number of carboxylic acid groups (broad SMARTS) is 1. The summed E-state index contributed by atoms with van der Waals surface area (Å²) in [5.41, 5.74) is 6.56. The van der Waals surface area contributed by atoms with Gasteiger partial charge in [0.15, 0.2) is 0 Å². The van der Waals surface area contributed by atoms with Crippen LogP contribution >= 0.6 is 0 Å². The number of benzene rings is 2. The lowest BCUT2D eigenvalue weighted by Crippen LogP contribution is -2.36. The summed E-state index contributed by atoms with van der Waals surface area (Å²) in [4.78, 5) is 35.4. The summed E-state index contributed by atoms with van der Waals surface area (Å²) in [6.07, 6.45) is -6.55. The molecule has 2 aromatic carbocycles. The Morgan fingerprint density at radius 1 is 0.660 bits per heavy atom. The number of halogens is 6. The molecule has 2 fully saturated rings. The van der Waals surface area contributed by atoms with Crippen LogP contribution in [0.15, 0.2) is 85.2 Å². The van der Waals surface area contributed by atoms with Crippen molar-refractivity contribution in [1.29, 1.82) is 0 Å². The summed E-state index contributed by atoms with van der Waals surface area (Å²) in [6, 6.07) is 16.6. The van der Waals surface area contributed by atoms with Gasteiger partial charge in [-0.2, -0.15) is 0 Å². The predicted molar refractivity (Wildman–Crippen MR) is 180 cm³/mol. The molecule has 6 rings (SSSR count). The van der Waals surface area contributed by atoms with Gasteiger partial charge in [-0.05, 0) is 72.8 Å². The monoisotopic (exact) mass is 752 g/mol. The number of carbonyl (C=O) groups is 2. The zero-order valence-electron chi connectivity index (χ0n) is 27.8. The summed E-state index contributed by atoms with van der Waals surface area (Å²) in [6.45, 7) is 5.76. The number of amides is 1. The molecule has 2 aromatic heterocycles. The fraction of sp³-hybridized carbons (Fsp3) is 0.294. The number of nitrogens with two attached hydrogens (primary N) is 1. The molecule has 13 nitrogen and oxygen atoms in total. The molecule has 53 heavy (non-hydrogen) atoms. The van der Waals surface area contributed by atoms with E-state index in [0.717, 1.165) is 62.1 Å². The maximum atomic E-state index is 12.2. The third kappa shape index (κ3) is 14.0. The Kier molecular flexibility index (Phi) is 14.0. The van der Waals surface area contributed by atoms with E-state index in [2.05, 4.69) is 34.6 Å². The molecule has 0 atom stereocenters. The average Bonchev–Trinajstić information content (AvgIpc) is 3.14. The van der Waals surface area contributed by atoms with Crippen molar-refractivity contribution in [3.63, 3.8) is 0 Å². The van der Waals surface area contributed by atoms with Gasteiger partial charge in [-0.1, -0.05) is 0 Å². The molecule has 0 radical (unpaired) electrons. The molecule has 0 aliphatic carbocycles. The molecule has 284 valence electrons. The molecule has 1 amide bonds. The van der Waals surface area contributed by atoms with Gasteiger partial charge < -0.3 is 44.9 Å². The summed E-state index contributed by atoms with van der Waals surface area (Å²) < 4.78 is 89.0. The van der Waals surface area contributed by atoms with Gasteiger partial charge >= 0.3 is 18.7 Å². The highest BCUT2D eigenvalue weighted by Crippen LogP contribution is 2.25. The molecule has 0 saturated carbocycles. The van der Waals surface area contributed by atoms with E-state index in [1.54, 1.807) is 24.3 Å². The first-order valence-corrected chi connectivity index (χ1v) is 15.7. The highest BCUT2D eigenvalue weighted by Gasteiger charge is 2.31. The number of hydrogen-bond acceptors (Lipinski definition) is 11. The van der Waals surface area contributed by atoms with E-state index < -0.39 is 24.6 Å². The van der Waals surface area contributed by atoms with Crippen LogP contribution in [0.25, 0.3) is 0 Å². The standard InChI is InChI=1S/C17H16F3N3O3.C10H12N2O3.C7H6F3NO/c18-17(19,20)26-14-4-2-13(3-5-14)22-16(24)12-1-6-15(21-11-12)23-7-9-25-10-8-23;13-10(14)8-1-2-9(11-7-8)12-3-5-15-6-4-12;8-7(9,10)12-6-3-1-5(11)2-4-6/h1-6,11H,7-10H2,(H,22,24);1-2,7H,3-6H2,(H,13,14);1-4H,11H2. The van der Waals surface area contributed by atoms with Gasteiger partial charge in [-0.3, -0.25) is 4.79 Å². The Morgan fingerprint density at radius 2 is 1.08 bits per heavy atom. The SMILES string of the molecule is Nc1ccc(OC(F)(F)F)cc1.O=C(Nc1ccc(OC(F)(F)F)cc1)c1ccc(N2CCOCC2)nc1.O=C(O)c1ccc(N2CCOCC2)nc1. The van der Waals surface area contributed by atoms with E-state index in [1.165, 1.54) is 36.7 Å². The Labute approximate surface area is 298 Å². The van der Waals surface area contributed by atoms with Crippen molar-refractivity contribution in [2.24, 2.45) is 0 Å². The second-order valence-corrected chi connectivity index (χ2v) is 11.0. The van der Waals surface area contributed by atoms with Crippen molar-refractivity contribution in [1.82, 2.24) is 9.97 Å². The van der Waals surface area contributed by atoms with Gasteiger partial charge in [-0.25, -0.2) is 14.8 Å². The van der Waals surface area contributed by atoms with Gasteiger partial charge in [0.2, 0.25) is 0 Å². The van der Waals surface area contributed by atoms with E-state index in [-0.39, 0.29) is 17.1 Å². The Morgan fingerprint density at radius 3 is 1.45 bits per heavy atom. The molecule has 4 N–H and O–H groups in total. The number of nitrogens with one attached hydrogen (secondary N) is 1. The first kappa shape index (κ1) is 40.0. The number of pyridine rings is 2. The molecular formula is C34H34F6N6O7. The number of aromatic carboxylic acids is 1. The van der Waals surface area contributed by atoms with Gasteiger partial charge in [0, 0.05) is 49.9 Å². The van der Waals surface area contributed by atoms with Crippen molar-refractivity contribution in [2.45, 2.75) is 12.7 Å². The minimum atomic E-state index is -4.75. The molecule has 2 saturated heterocycles. The number of anilines is 4. The summed E-state index contributed by atoms with van der Waals surface area (Å²) in [5, 5.41) is 11.3. The minimum absolute atomic E-state index is 0.215. The molecule has 4 aromatic rings. The van der Waals surface area contributed by atoms with Crippen LogP contribution in [0, 0.1) is 0 Å². The minimum Gasteiger partial charge on any atom is -0.478 e. The molecule has 19 heteroatoms. The molecule has 0 spiro atoms. The lowest BCUT2D eigenvalue weighted by Gasteiger charge is -2.27. The average molecular weight is 753 g/mol. The molecule has 0 unspecified atom stereocenters. The Bertz CT molecular complexity index is 1730. The predicted octanol–water partition coefficient (Wildman–Crippen LogP) is 5.85. The van der Waals surface area contributed by atoms with Gasteiger partial charge in [0.05, 0.1) is 37.6 Å². The lowest BCUT2D eigenvalue weighted by molar-refractivity contribution is -0.275. The van der Waals surface area contributed by atoms with E-state index in [9.17, 15) is 35.9 Å². The third-order valence-corrected chi connectivity index (χ3v) is 7.13. The van der Waals surface area contributed by atoms with Crippen LogP contribution < -0.4 is 30.3 Å². The first-order chi connectivity index (χ1) is 25.1. The van der Waals surface area contributed by atoms with E-state index in [0.29, 0.717) is 43.4 Å². The van der Waals surface area contributed by atoms with E-state index in [1.807, 2.05) is 0 Å². The van der Waals surface area contributed by atoms with E-state index >= 15 is 0 Å². The number of alkyl halides is 6. The topological polar surface area (TPSA) is 162 Å². The van der Waals surface area contributed by atoms with Crippen molar-refractivity contribution in [3.05, 3.63) is 96.3 Å². The molecule has 2 aliphatic heterocycles.